The zero-order chi connectivity index (χ0) is 29.0. The second-order valence-corrected chi connectivity index (χ2v) is 8.13. The fourth-order valence-corrected chi connectivity index (χ4v) is 3.47. The quantitative estimate of drug-likeness (QED) is 0.269. The third-order valence-corrected chi connectivity index (χ3v) is 5.43. The van der Waals surface area contributed by atoms with Gasteiger partial charge in [0.05, 0.1) is 22.1 Å². The average molecular weight is 574 g/mol. The molecule has 14 heteroatoms. The lowest BCUT2D eigenvalue weighted by Gasteiger charge is -2.20. The fourth-order valence-electron chi connectivity index (χ4n) is 3.25. The number of alkyl halides is 6. The van der Waals surface area contributed by atoms with Crippen LogP contribution in [0.15, 0.2) is 73.1 Å². The van der Waals surface area contributed by atoms with E-state index in [0.717, 1.165) is 18.2 Å². The Morgan fingerprint density at radius 2 is 1.54 bits per heavy atom. The minimum absolute atomic E-state index is 0.123. The largest absolute Gasteiger partial charge is 0.490 e. The summed E-state index contributed by atoms with van der Waals surface area (Å²) in [5.74, 6) is -4.04. The summed E-state index contributed by atoms with van der Waals surface area (Å²) >= 11 is 6.13. The van der Waals surface area contributed by atoms with Crippen molar-refractivity contribution in [2.24, 2.45) is 0 Å². The van der Waals surface area contributed by atoms with E-state index in [-0.39, 0.29) is 16.8 Å². The highest BCUT2D eigenvalue weighted by Gasteiger charge is 2.38. The van der Waals surface area contributed by atoms with Gasteiger partial charge in [-0.15, -0.1) is 0 Å². The number of halogens is 8. The lowest BCUT2D eigenvalue weighted by Crippen LogP contribution is -2.30. The average Bonchev–Trinajstić information content (AvgIpc) is 2.87. The third kappa shape index (κ3) is 7.41. The number of hydrogen-bond acceptors (Lipinski definition) is 4. The van der Waals surface area contributed by atoms with E-state index in [2.05, 4.69) is 15.3 Å². The number of fused-ring (bicyclic) bond motifs is 1. The van der Waals surface area contributed by atoms with Crippen LogP contribution in [0.1, 0.15) is 33.2 Å². The number of nitrogens with zero attached hydrogens (tertiary/aromatic N) is 2. The summed E-state index contributed by atoms with van der Waals surface area (Å²) in [6.45, 7) is 0. The maximum Gasteiger partial charge on any atom is 0.490 e. The van der Waals surface area contributed by atoms with Gasteiger partial charge in [-0.2, -0.15) is 26.3 Å². The molecule has 0 fully saturated rings. The maximum absolute atomic E-state index is 14.5. The van der Waals surface area contributed by atoms with Crippen LogP contribution in [0.2, 0.25) is 5.02 Å². The van der Waals surface area contributed by atoms with Crippen LogP contribution in [-0.4, -0.2) is 33.1 Å². The molecule has 204 valence electrons. The van der Waals surface area contributed by atoms with E-state index in [9.17, 15) is 35.5 Å². The number of aliphatic carboxylic acids is 1. The molecule has 0 bridgehead atoms. The Morgan fingerprint density at radius 1 is 0.897 bits per heavy atom. The maximum atomic E-state index is 14.5. The number of carbonyl (C=O) groups excluding carboxylic acids is 1. The number of hydrogen-bond donors (Lipinski definition) is 2. The first-order valence-corrected chi connectivity index (χ1v) is 11.0. The van der Waals surface area contributed by atoms with Crippen LogP contribution in [0.3, 0.4) is 0 Å². The molecule has 1 amide bonds. The van der Waals surface area contributed by atoms with Gasteiger partial charge < -0.3 is 10.4 Å². The van der Waals surface area contributed by atoms with Gasteiger partial charge in [0.1, 0.15) is 11.5 Å². The van der Waals surface area contributed by atoms with Crippen LogP contribution in [-0.2, 0) is 11.0 Å². The Hall–Kier alpha value is -4.26. The highest BCUT2D eigenvalue weighted by molar-refractivity contribution is 6.35. The smallest absolute Gasteiger partial charge is 0.475 e. The fraction of sp³-hybridized carbons (Fsp3) is 0.120. The van der Waals surface area contributed by atoms with Crippen molar-refractivity contribution in [2.75, 3.05) is 0 Å². The van der Waals surface area contributed by atoms with Crippen molar-refractivity contribution in [3.8, 4) is 0 Å². The highest BCUT2D eigenvalue weighted by Crippen LogP contribution is 2.31. The second kappa shape index (κ2) is 11.6. The molecule has 2 heterocycles. The molecular formula is C25H15ClF7N3O3. The first-order valence-electron chi connectivity index (χ1n) is 10.6. The first kappa shape index (κ1) is 29.3. The van der Waals surface area contributed by atoms with Gasteiger partial charge in [0, 0.05) is 23.3 Å². The van der Waals surface area contributed by atoms with Gasteiger partial charge in [-0.3, -0.25) is 14.8 Å². The number of benzene rings is 2. The van der Waals surface area contributed by atoms with Crippen molar-refractivity contribution in [2.45, 2.75) is 18.4 Å². The number of rotatable bonds is 4. The third-order valence-electron chi connectivity index (χ3n) is 5.10. The van der Waals surface area contributed by atoms with Crippen molar-refractivity contribution in [3.63, 3.8) is 0 Å². The molecule has 0 radical (unpaired) electrons. The summed E-state index contributed by atoms with van der Waals surface area (Å²) in [5.41, 5.74) is -0.0282. The molecule has 2 N–H and O–H groups in total. The van der Waals surface area contributed by atoms with E-state index in [1.165, 1.54) is 42.7 Å². The Kier molecular flexibility index (Phi) is 8.74. The number of carboxylic acid groups (broad SMARTS) is 1. The Bertz CT molecular complexity index is 1490. The Balaban J connectivity index is 0.000000532. The van der Waals surface area contributed by atoms with Gasteiger partial charge in [-0.1, -0.05) is 29.8 Å². The number of aromatic nitrogens is 2. The zero-order valence-electron chi connectivity index (χ0n) is 19.2. The second-order valence-electron chi connectivity index (χ2n) is 7.72. The van der Waals surface area contributed by atoms with E-state index < -0.39 is 41.7 Å². The van der Waals surface area contributed by atoms with Gasteiger partial charge in [0.25, 0.3) is 5.91 Å². The molecule has 6 nitrogen and oxygen atoms in total. The lowest BCUT2D eigenvalue weighted by molar-refractivity contribution is -0.192. The molecule has 0 aliphatic rings. The van der Waals surface area contributed by atoms with Crippen molar-refractivity contribution in [3.05, 3.63) is 106 Å². The van der Waals surface area contributed by atoms with Crippen molar-refractivity contribution < 1.29 is 45.4 Å². The number of nitrogens with one attached hydrogen (secondary N) is 1. The number of amides is 1. The van der Waals surface area contributed by atoms with E-state index in [0.29, 0.717) is 15.9 Å². The zero-order valence-corrected chi connectivity index (χ0v) is 19.9. The van der Waals surface area contributed by atoms with Gasteiger partial charge >= 0.3 is 18.3 Å². The van der Waals surface area contributed by atoms with Crippen molar-refractivity contribution >= 4 is 34.4 Å². The number of carboxylic acids is 1. The van der Waals surface area contributed by atoms with E-state index in [4.69, 9.17) is 21.5 Å². The lowest BCUT2D eigenvalue weighted by atomic mass is 10.00. The Labute approximate surface area is 220 Å². The van der Waals surface area contributed by atoms with Crippen LogP contribution in [0.4, 0.5) is 30.7 Å². The topological polar surface area (TPSA) is 92.2 Å². The SMILES string of the molecule is O=C(NC(c1ccc(C(F)(F)F)cc1)c1ncccc1F)c1ccc2c(Cl)ccnc2c1.O=C(O)C(F)(F)F. The molecule has 2 aromatic heterocycles. The molecule has 0 saturated heterocycles. The molecule has 0 aliphatic carbocycles. The predicted octanol–water partition coefficient (Wildman–Crippen LogP) is 6.59. The summed E-state index contributed by atoms with van der Waals surface area (Å²) < 4.78 is 85.0. The van der Waals surface area contributed by atoms with Gasteiger partial charge in [-0.05, 0) is 48.0 Å². The highest BCUT2D eigenvalue weighted by atomic mass is 35.5. The molecule has 0 saturated carbocycles. The minimum atomic E-state index is -5.08. The van der Waals surface area contributed by atoms with Crippen LogP contribution in [0.25, 0.3) is 10.9 Å². The molecule has 0 aliphatic heterocycles. The summed E-state index contributed by atoms with van der Waals surface area (Å²) in [6.07, 6.45) is -6.77. The normalized spacial score (nSPS) is 12.3. The van der Waals surface area contributed by atoms with Crippen LogP contribution >= 0.6 is 11.6 Å². The molecule has 1 unspecified atom stereocenters. The molecule has 4 aromatic rings. The number of carbonyl (C=O) groups is 2. The summed E-state index contributed by atoms with van der Waals surface area (Å²) in [7, 11) is 0. The molecule has 1 atom stereocenters. The van der Waals surface area contributed by atoms with Gasteiger partial charge in [0.15, 0.2) is 0 Å². The standard InChI is InChI=1S/C23H14ClF4N3O.C2HF3O2/c24-17-9-11-29-19-12-14(5-8-16(17)19)22(32)31-20(21-18(25)2-1-10-30-21)13-3-6-15(7-4-13)23(26,27)28;3-2(4,5)1(6)7/h1-12,20H,(H,31,32);(H,6,7). The molecule has 0 spiro atoms. The summed E-state index contributed by atoms with van der Waals surface area (Å²) in [5, 5.41) is 10.9. The summed E-state index contributed by atoms with van der Waals surface area (Å²) in [6, 6.07) is 11.8. The van der Waals surface area contributed by atoms with Crippen molar-refractivity contribution in [1.82, 2.24) is 15.3 Å². The minimum Gasteiger partial charge on any atom is -0.475 e. The van der Waals surface area contributed by atoms with E-state index in [1.807, 2.05) is 0 Å². The molecule has 39 heavy (non-hydrogen) atoms. The first-order chi connectivity index (χ1) is 18.2. The van der Waals surface area contributed by atoms with Gasteiger partial charge in [0.2, 0.25) is 0 Å². The molecule has 2 aromatic carbocycles. The van der Waals surface area contributed by atoms with Crippen LogP contribution in [0, 0.1) is 5.82 Å². The Morgan fingerprint density at radius 3 is 2.10 bits per heavy atom. The van der Waals surface area contributed by atoms with E-state index >= 15 is 0 Å². The number of pyridine rings is 2. The monoisotopic (exact) mass is 573 g/mol. The van der Waals surface area contributed by atoms with E-state index in [1.54, 1.807) is 12.1 Å². The molecule has 4 rings (SSSR count). The van der Waals surface area contributed by atoms with Crippen LogP contribution < -0.4 is 5.32 Å². The predicted molar refractivity (Wildman–Crippen MR) is 125 cm³/mol. The van der Waals surface area contributed by atoms with Crippen molar-refractivity contribution in [1.29, 1.82) is 0 Å². The molecular weight excluding hydrogens is 559 g/mol. The van der Waals surface area contributed by atoms with Gasteiger partial charge in [-0.25, -0.2) is 9.18 Å². The summed E-state index contributed by atoms with van der Waals surface area (Å²) in [4.78, 5) is 30.0. The van der Waals surface area contributed by atoms with Crippen LogP contribution in [0.5, 0.6) is 0 Å².